The summed E-state index contributed by atoms with van der Waals surface area (Å²) in [5.41, 5.74) is 0.845. The summed E-state index contributed by atoms with van der Waals surface area (Å²) in [6.45, 7) is 1.14. The number of ketones is 1. The van der Waals surface area contributed by atoms with E-state index in [1.165, 1.54) is 12.3 Å². The van der Waals surface area contributed by atoms with Crippen LogP contribution >= 0.6 is 0 Å². The molecule has 4 rings (SSSR count). The molecule has 2 fully saturated rings. The number of pyridine rings is 1. The molecular weight excluding hydrogens is 447 g/mol. The minimum atomic E-state index is -4.50. The first-order chi connectivity index (χ1) is 16.3. The number of hydrogen-bond acceptors (Lipinski definition) is 5. The monoisotopic (exact) mass is 477 g/mol. The Bertz CT molecular complexity index is 958. The topological polar surface area (TPSA) is 57.7 Å². The van der Waals surface area contributed by atoms with Gasteiger partial charge in [-0.25, -0.2) is 4.98 Å². The Hall–Kier alpha value is -2.45. The smallest absolute Gasteiger partial charge is 0.422 e. The third-order valence-electron chi connectivity index (χ3n) is 6.72. The van der Waals surface area contributed by atoms with E-state index in [2.05, 4.69) is 17.1 Å². The molecule has 2 atom stereocenters. The highest BCUT2D eigenvalue weighted by atomic mass is 19.4. The zero-order chi connectivity index (χ0) is 24.2. The second kappa shape index (κ2) is 10.4. The maximum absolute atomic E-state index is 13.2. The molecule has 0 N–H and O–H groups in total. The van der Waals surface area contributed by atoms with Crippen molar-refractivity contribution in [2.45, 2.75) is 69.4 Å². The first-order valence-corrected chi connectivity index (χ1v) is 11.8. The maximum atomic E-state index is 13.2. The van der Waals surface area contributed by atoms with E-state index in [0.717, 1.165) is 18.4 Å². The van der Waals surface area contributed by atoms with E-state index in [-0.39, 0.29) is 41.0 Å². The SMILES string of the molecule is CCOC1CC(c2ccccc2)OC2(CCC(C(=O)c3cccnc3OCC(F)(F)F)CC2)C1. The molecule has 184 valence electrons. The van der Waals surface area contributed by atoms with E-state index < -0.39 is 12.8 Å². The zero-order valence-electron chi connectivity index (χ0n) is 19.2. The molecule has 1 saturated carbocycles. The first kappa shape index (κ1) is 24.7. The van der Waals surface area contributed by atoms with Crippen molar-refractivity contribution < 1.29 is 32.2 Å². The molecule has 5 nitrogen and oxygen atoms in total. The second-order valence-corrected chi connectivity index (χ2v) is 9.12. The fourth-order valence-electron chi connectivity index (χ4n) is 5.16. The Kier molecular flexibility index (Phi) is 7.57. The molecule has 1 aromatic heterocycles. The number of Topliss-reactive ketones (excluding diaryl/α,β-unsaturated/α-hetero) is 1. The molecule has 1 aromatic carbocycles. The number of nitrogens with zero attached hydrogens (tertiary/aromatic N) is 1. The fraction of sp³-hybridized carbons (Fsp3) is 0.538. The van der Waals surface area contributed by atoms with Crippen molar-refractivity contribution in [1.29, 1.82) is 0 Å². The van der Waals surface area contributed by atoms with Gasteiger partial charge in [0.2, 0.25) is 5.88 Å². The number of aromatic nitrogens is 1. The highest BCUT2D eigenvalue weighted by molar-refractivity contribution is 5.99. The van der Waals surface area contributed by atoms with Crippen LogP contribution in [0.15, 0.2) is 48.7 Å². The molecule has 1 spiro atoms. The van der Waals surface area contributed by atoms with Crippen LogP contribution in [0.25, 0.3) is 0 Å². The molecule has 34 heavy (non-hydrogen) atoms. The van der Waals surface area contributed by atoms with E-state index >= 15 is 0 Å². The van der Waals surface area contributed by atoms with Gasteiger partial charge in [0.25, 0.3) is 0 Å². The molecule has 2 aromatic rings. The number of carbonyl (C=O) groups is 1. The minimum Gasteiger partial charge on any atom is -0.467 e. The predicted octanol–water partition coefficient (Wildman–Crippen LogP) is 6.09. The summed E-state index contributed by atoms with van der Waals surface area (Å²) in [6.07, 6.45) is 0.960. The number of carbonyl (C=O) groups excluding carboxylic acids is 1. The molecule has 2 aliphatic rings. The van der Waals surface area contributed by atoms with Crippen LogP contribution in [-0.4, -0.2) is 41.9 Å². The number of hydrogen-bond donors (Lipinski definition) is 0. The second-order valence-electron chi connectivity index (χ2n) is 9.12. The Morgan fingerprint density at radius 1 is 1.15 bits per heavy atom. The lowest BCUT2D eigenvalue weighted by Gasteiger charge is -2.48. The van der Waals surface area contributed by atoms with Gasteiger partial charge in [0, 0.05) is 31.6 Å². The molecule has 1 saturated heterocycles. The first-order valence-electron chi connectivity index (χ1n) is 11.8. The number of ether oxygens (including phenoxy) is 3. The standard InChI is InChI=1S/C26H30F3NO4/c1-2-32-20-15-22(18-7-4-3-5-8-18)34-25(16-20)12-10-19(11-13-25)23(31)21-9-6-14-30-24(21)33-17-26(27,28)29/h3-9,14,19-20,22H,2,10-13,15-17H2,1H3. The Morgan fingerprint density at radius 3 is 2.56 bits per heavy atom. The number of benzene rings is 1. The average Bonchev–Trinajstić information content (AvgIpc) is 2.83. The van der Waals surface area contributed by atoms with Crippen molar-refractivity contribution in [3.63, 3.8) is 0 Å². The van der Waals surface area contributed by atoms with Crippen molar-refractivity contribution in [2.24, 2.45) is 5.92 Å². The van der Waals surface area contributed by atoms with Crippen molar-refractivity contribution in [2.75, 3.05) is 13.2 Å². The van der Waals surface area contributed by atoms with Gasteiger partial charge in [-0.3, -0.25) is 4.79 Å². The predicted molar refractivity (Wildman–Crippen MR) is 120 cm³/mol. The summed E-state index contributed by atoms with van der Waals surface area (Å²) in [6, 6.07) is 13.1. The van der Waals surface area contributed by atoms with Gasteiger partial charge >= 0.3 is 6.18 Å². The average molecular weight is 478 g/mol. The van der Waals surface area contributed by atoms with Gasteiger partial charge in [-0.2, -0.15) is 13.2 Å². The van der Waals surface area contributed by atoms with Gasteiger partial charge in [0.05, 0.1) is 23.4 Å². The van der Waals surface area contributed by atoms with Crippen LogP contribution < -0.4 is 4.74 Å². The lowest BCUT2D eigenvalue weighted by Crippen LogP contribution is -2.47. The lowest BCUT2D eigenvalue weighted by molar-refractivity contribution is -0.189. The Labute approximate surface area is 197 Å². The van der Waals surface area contributed by atoms with Crippen molar-refractivity contribution in [1.82, 2.24) is 4.98 Å². The largest absolute Gasteiger partial charge is 0.467 e. The molecule has 0 radical (unpaired) electrons. The third-order valence-corrected chi connectivity index (χ3v) is 6.72. The Morgan fingerprint density at radius 2 is 1.88 bits per heavy atom. The van der Waals surface area contributed by atoms with Gasteiger partial charge in [0.15, 0.2) is 12.4 Å². The lowest BCUT2D eigenvalue weighted by atomic mass is 9.72. The fourth-order valence-corrected chi connectivity index (χ4v) is 5.16. The molecular formula is C26H30F3NO4. The molecule has 1 aliphatic heterocycles. The van der Waals surface area contributed by atoms with Crippen LogP contribution in [0, 0.1) is 5.92 Å². The van der Waals surface area contributed by atoms with Gasteiger partial charge in [-0.1, -0.05) is 30.3 Å². The minimum absolute atomic E-state index is 0.0700. The quantitative estimate of drug-likeness (QED) is 0.452. The highest BCUT2D eigenvalue weighted by Gasteiger charge is 2.46. The summed E-state index contributed by atoms with van der Waals surface area (Å²) in [5, 5.41) is 0. The molecule has 0 bridgehead atoms. The van der Waals surface area contributed by atoms with Crippen molar-refractivity contribution in [3.05, 3.63) is 59.8 Å². The molecule has 1 aliphatic carbocycles. The summed E-state index contributed by atoms with van der Waals surface area (Å²) in [4.78, 5) is 17.1. The van der Waals surface area contributed by atoms with Gasteiger partial charge in [-0.15, -0.1) is 0 Å². The van der Waals surface area contributed by atoms with Gasteiger partial charge < -0.3 is 14.2 Å². The molecule has 2 heterocycles. The molecule has 2 unspecified atom stereocenters. The highest BCUT2D eigenvalue weighted by Crippen LogP contribution is 2.47. The van der Waals surface area contributed by atoms with Crippen LogP contribution in [-0.2, 0) is 9.47 Å². The van der Waals surface area contributed by atoms with Crippen LogP contribution in [0.3, 0.4) is 0 Å². The number of alkyl halides is 3. The zero-order valence-corrected chi connectivity index (χ0v) is 19.2. The van der Waals surface area contributed by atoms with Gasteiger partial charge in [-0.05, 0) is 50.3 Å². The van der Waals surface area contributed by atoms with Crippen LogP contribution in [0.4, 0.5) is 13.2 Å². The third kappa shape index (κ3) is 5.96. The van der Waals surface area contributed by atoms with E-state index in [4.69, 9.17) is 14.2 Å². The van der Waals surface area contributed by atoms with Crippen molar-refractivity contribution >= 4 is 5.78 Å². The van der Waals surface area contributed by atoms with Crippen LogP contribution in [0.1, 0.15) is 67.5 Å². The van der Waals surface area contributed by atoms with E-state index in [9.17, 15) is 18.0 Å². The van der Waals surface area contributed by atoms with E-state index in [0.29, 0.717) is 32.3 Å². The van der Waals surface area contributed by atoms with Gasteiger partial charge in [0.1, 0.15) is 0 Å². The van der Waals surface area contributed by atoms with E-state index in [1.54, 1.807) is 6.07 Å². The maximum Gasteiger partial charge on any atom is 0.422 e. The normalized spacial score (nSPS) is 27.5. The number of halogens is 3. The Balaban J connectivity index is 1.45. The van der Waals surface area contributed by atoms with Crippen LogP contribution in [0.2, 0.25) is 0 Å². The summed E-state index contributed by atoms with van der Waals surface area (Å²) < 4.78 is 55.3. The summed E-state index contributed by atoms with van der Waals surface area (Å²) in [5.74, 6) is -0.800. The summed E-state index contributed by atoms with van der Waals surface area (Å²) in [7, 11) is 0. The van der Waals surface area contributed by atoms with Crippen LogP contribution in [0.5, 0.6) is 5.88 Å². The number of rotatable bonds is 7. The molecule has 0 amide bonds. The molecule has 8 heteroatoms. The van der Waals surface area contributed by atoms with E-state index in [1.807, 2.05) is 25.1 Å². The summed E-state index contributed by atoms with van der Waals surface area (Å²) >= 11 is 0. The van der Waals surface area contributed by atoms with Crippen molar-refractivity contribution in [3.8, 4) is 5.88 Å².